The summed E-state index contributed by atoms with van der Waals surface area (Å²) in [4.78, 5) is 12.1. The van der Waals surface area contributed by atoms with Crippen molar-refractivity contribution in [3.63, 3.8) is 0 Å². The van der Waals surface area contributed by atoms with Crippen LogP contribution < -0.4 is 10.6 Å². The maximum Gasteiger partial charge on any atom is 0.234 e. The lowest BCUT2D eigenvalue weighted by Crippen LogP contribution is -2.15. The van der Waals surface area contributed by atoms with Crippen LogP contribution in [0, 0.1) is 0 Å². The number of nitrogens with one attached hydrogen (secondary N) is 2. The minimum Gasteiger partial charge on any atom is -0.383 e. The Bertz CT molecular complexity index is 633. The lowest BCUT2D eigenvalue weighted by molar-refractivity contribution is -0.113. The average molecular weight is 352 g/mol. The molecule has 1 amide bonds. The molecule has 23 heavy (non-hydrogen) atoms. The van der Waals surface area contributed by atoms with Crippen molar-refractivity contribution in [2.75, 3.05) is 36.6 Å². The fourth-order valence-electron chi connectivity index (χ4n) is 1.86. The monoisotopic (exact) mass is 352 g/mol. The molecule has 0 aliphatic heterocycles. The standard InChI is InChI=1S/C15H20N4O2S2/c1-3-11-6-4-5-7-12(11)17-13(20)10-22-15-19-18-14(23-15)16-8-9-21-2/h4-7H,3,8-10H2,1-2H3,(H,16,18)(H,17,20). The van der Waals surface area contributed by atoms with Gasteiger partial charge in [0.15, 0.2) is 4.34 Å². The summed E-state index contributed by atoms with van der Waals surface area (Å²) in [7, 11) is 1.65. The van der Waals surface area contributed by atoms with Gasteiger partial charge in [-0.2, -0.15) is 0 Å². The summed E-state index contributed by atoms with van der Waals surface area (Å²) in [5.74, 6) is 0.269. The van der Waals surface area contributed by atoms with E-state index >= 15 is 0 Å². The zero-order chi connectivity index (χ0) is 16.5. The Hall–Kier alpha value is -1.64. The molecule has 1 heterocycles. The highest BCUT2D eigenvalue weighted by Gasteiger charge is 2.09. The first-order valence-electron chi connectivity index (χ1n) is 7.29. The van der Waals surface area contributed by atoms with Gasteiger partial charge in [-0.3, -0.25) is 4.79 Å². The number of carbonyl (C=O) groups excluding carboxylic acids is 1. The minimum atomic E-state index is -0.0417. The molecule has 1 aromatic heterocycles. The van der Waals surface area contributed by atoms with Gasteiger partial charge in [-0.25, -0.2) is 0 Å². The van der Waals surface area contributed by atoms with Crippen molar-refractivity contribution < 1.29 is 9.53 Å². The number of hydrogen-bond donors (Lipinski definition) is 2. The van der Waals surface area contributed by atoms with Crippen LogP contribution in [0.1, 0.15) is 12.5 Å². The average Bonchev–Trinajstić information content (AvgIpc) is 3.02. The SMILES string of the molecule is CCc1ccccc1NC(=O)CSc1nnc(NCCOC)s1. The summed E-state index contributed by atoms with van der Waals surface area (Å²) in [5, 5.41) is 14.9. The van der Waals surface area contributed by atoms with Crippen molar-refractivity contribution in [1.29, 1.82) is 0 Å². The molecule has 0 spiro atoms. The molecule has 8 heteroatoms. The van der Waals surface area contributed by atoms with Gasteiger partial charge >= 0.3 is 0 Å². The van der Waals surface area contributed by atoms with Crippen LogP contribution in [0.5, 0.6) is 0 Å². The van der Waals surface area contributed by atoms with Gasteiger partial charge in [-0.15, -0.1) is 10.2 Å². The van der Waals surface area contributed by atoms with E-state index in [0.29, 0.717) is 18.9 Å². The fourth-order valence-corrected chi connectivity index (χ4v) is 3.44. The van der Waals surface area contributed by atoms with E-state index in [1.807, 2.05) is 24.3 Å². The van der Waals surface area contributed by atoms with Crippen molar-refractivity contribution in [2.24, 2.45) is 0 Å². The van der Waals surface area contributed by atoms with Crippen LogP contribution in [0.3, 0.4) is 0 Å². The Morgan fingerprint density at radius 2 is 2.17 bits per heavy atom. The second-order valence-electron chi connectivity index (χ2n) is 4.64. The molecule has 0 bridgehead atoms. The number of aromatic nitrogens is 2. The number of methoxy groups -OCH3 is 1. The van der Waals surface area contributed by atoms with Crippen LogP contribution >= 0.6 is 23.1 Å². The van der Waals surface area contributed by atoms with E-state index in [1.54, 1.807) is 7.11 Å². The Morgan fingerprint density at radius 1 is 1.35 bits per heavy atom. The molecule has 2 aromatic rings. The summed E-state index contributed by atoms with van der Waals surface area (Å²) in [6.07, 6.45) is 0.885. The normalized spacial score (nSPS) is 10.5. The third-order valence-electron chi connectivity index (χ3n) is 2.99. The lowest BCUT2D eigenvalue weighted by atomic mass is 10.1. The van der Waals surface area contributed by atoms with Crippen molar-refractivity contribution >= 4 is 39.8 Å². The first kappa shape index (κ1) is 17.7. The smallest absolute Gasteiger partial charge is 0.234 e. The second-order valence-corrected chi connectivity index (χ2v) is 6.84. The molecule has 0 aliphatic carbocycles. The van der Waals surface area contributed by atoms with Crippen molar-refractivity contribution in [2.45, 2.75) is 17.7 Å². The number of nitrogens with zero attached hydrogens (tertiary/aromatic N) is 2. The Balaban J connectivity index is 1.80. The van der Waals surface area contributed by atoms with E-state index in [2.05, 4.69) is 27.8 Å². The van der Waals surface area contributed by atoms with Gasteiger partial charge in [-0.1, -0.05) is 48.2 Å². The molecule has 0 unspecified atom stereocenters. The number of carbonyl (C=O) groups is 1. The second kappa shape index (κ2) is 9.49. The molecule has 0 saturated heterocycles. The molecule has 0 fully saturated rings. The summed E-state index contributed by atoms with van der Waals surface area (Å²) in [5.41, 5.74) is 2.01. The molecule has 124 valence electrons. The van der Waals surface area contributed by atoms with Crippen LogP contribution in [-0.2, 0) is 16.0 Å². The molecule has 0 atom stereocenters. The molecule has 0 aliphatic rings. The van der Waals surface area contributed by atoms with Crippen LogP contribution in [-0.4, -0.2) is 42.1 Å². The molecule has 0 radical (unpaired) electrons. The van der Waals surface area contributed by atoms with E-state index in [4.69, 9.17) is 4.74 Å². The zero-order valence-corrected chi connectivity index (χ0v) is 14.8. The van der Waals surface area contributed by atoms with Crippen molar-refractivity contribution in [3.8, 4) is 0 Å². The molecular formula is C15H20N4O2S2. The van der Waals surface area contributed by atoms with Crippen molar-refractivity contribution in [3.05, 3.63) is 29.8 Å². The van der Waals surface area contributed by atoms with Crippen molar-refractivity contribution in [1.82, 2.24) is 10.2 Å². The van der Waals surface area contributed by atoms with Crippen LogP contribution in [0.4, 0.5) is 10.8 Å². The topological polar surface area (TPSA) is 76.1 Å². The molecule has 2 N–H and O–H groups in total. The van der Waals surface area contributed by atoms with E-state index in [-0.39, 0.29) is 5.91 Å². The Kier molecular flexibility index (Phi) is 7.31. The number of hydrogen-bond acceptors (Lipinski definition) is 7. The van der Waals surface area contributed by atoms with Gasteiger partial charge in [0.2, 0.25) is 11.0 Å². The predicted octanol–water partition coefficient (Wildman–Crippen LogP) is 2.89. The number of anilines is 2. The number of para-hydroxylation sites is 1. The van der Waals surface area contributed by atoms with Gasteiger partial charge < -0.3 is 15.4 Å². The number of ether oxygens (including phenoxy) is 1. The highest BCUT2D eigenvalue weighted by molar-refractivity contribution is 8.01. The number of aryl methyl sites for hydroxylation is 1. The van der Waals surface area contributed by atoms with Gasteiger partial charge in [-0.05, 0) is 18.1 Å². The number of amides is 1. The van der Waals surface area contributed by atoms with E-state index < -0.39 is 0 Å². The maximum absolute atomic E-state index is 12.1. The minimum absolute atomic E-state index is 0.0417. The Labute approximate surface area is 144 Å². The third-order valence-corrected chi connectivity index (χ3v) is 5.00. The third kappa shape index (κ3) is 5.81. The van der Waals surface area contributed by atoms with Gasteiger partial charge in [0.25, 0.3) is 0 Å². The molecule has 2 rings (SSSR count). The maximum atomic E-state index is 12.1. The highest BCUT2D eigenvalue weighted by Crippen LogP contribution is 2.25. The first-order chi connectivity index (χ1) is 11.2. The molecule has 0 saturated carbocycles. The number of benzene rings is 1. The highest BCUT2D eigenvalue weighted by atomic mass is 32.2. The fraction of sp³-hybridized carbons (Fsp3) is 0.400. The quantitative estimate of drug-likeness (QED) is 0.534. The van der Waals surface area contributed by atoms with Gasteiger partial charge in [0.1, 0.15) is 0 Å². The van der Waals surface area contributed by atoms with Gasteiger partial charge in [0, 0.05) is 19.3 Å². The summed E-state index contributed by atoms with van der Waals surface area (Å²) in [6.45, 7) is 3.37. The van der Waals surface area contributed by atoms with Gasteiger partial charge in [0.05, 0.1) is 12.4 Å². The molecule has 1 aromatic carbocycles. The number of thioether (sulfide) groups is 1. The number of rotatable bonds is 9. The van der Waals surface area contributed by atoms with Crippen LogP contribution in [0.2, 0.25) is 0 Å². The Morgan fingerprint density at radius 3 is 2.96 bits per heavy atom. The van der Waals surface area contributed by atoms with E-state index in [1.165, 1.54) is 23.1 Å². The summed E-state index contributed by atoms with van der Waals surface area (Å²) < 4.78 is 5.73. The molecular weight excluding hydrogens is 332 g/mol. The summed E-state index contributed by atoms with van der Waals surface area (Å²) >= 11 is 2.82. The van der Waals surface area contributed by atoms with E-state index in [0.717, 1.165) is 27.1 Å². The largest absolute Gasteiger partial charge is 0.383 e. The molecule has 6 nitrogen and oxygen atoms in total. The first-order valence-corrected chi connectivity index (χ1v) is 9.10. The predicted molar refractivity (Wildman–Crippen MR) is 95.4 cm³/mol. The lowest BCUT2D eigenvalue weighted by Gasteiger charge is -2.08. The zero-order valence-electron chi connectivity index (χ0n) is 13.2. The van der Waals surface area contributed by atoms with E-state index in [9.17, 15) is 4.79 Å². The summed E-state index contributed by atoms with van der Waals surface area (Å²) in [6, 6.07) is 7.84. The van der Waals surface area contributed by atoms with Crippen LogP contribution in [0.15, 0.2) is 28.6 Å². The van der Waals surface area contributed by atoms with Crippen LogP contribution in [0.25, 0.3) is 0 Å².